The number of benzene rings is 2. The van der Waals surface area contributed by atoms with Gasteiger partial charge in [0.15, 0.2) is 0 Å². The second-order valence-corrected chi connectivity index (χ2v) is 10.2. The number of nitrogens with zero attached hydrogens (tertiary/aromatic N) is 1. The lowest BCUT2D eigenvalue weighted by Crippen LogP contribution is -2.30. The smallest absolute Gasteiger partial charge is 0.229 e. The molecule has 1 heterocycles. The maximum atomic E-state index is 11.5. The first-order chi connectivity index (χ1) is 12.8. The number of rotatable bonds is 6. The minimum absolute atomic E-state index is 0.149. The normalized spacial score (nSPS) is 27.4. The lowest BCUT2D eigenvalue weighted by atomic mass is 9.92. The molecule has 0 amide bonds. The fourth-order valence-corrected chi connectivity index (χ4v) is 5.47. The van der Waals surface area contributed by atoms with Gasteiger partial charge in [0.25, 0.3) is 0 Å². The van der Waals surface area contributed by atoms with E-state index >= 15 is 0 Å². The summed E-state index contributed by atoms with van der Waals surface area (Å²) in [5.41, 5.74) is 3.24. The van der Waals surface area contributed by atoms with Crippen LogP contribution in [0.2, 0.25) is 5.02 Å². The van der Waals surface area contributed by atoms with E-state index in [1.165, 1.54) is 17.4 Å². The largest absolute Gasteiger partial charge is 0.302 e. The number of likely N-dealkylation sites (tertiary alicyclic amines) is 1. The second kappa shape index (κ2) is 6.80. The van der Waals surface area contributed by atoms with Gasteiger partial charge in [-0.25, -0.2) is 8.42 Å². The molecule has 1 aliphatic heterocycles. The van der Waals surface area contributed by atoms with E-state index in [4.69, 9.17) is 11.6 Å². The predicted octanol–water partition coefficient (Wildman–Crippen LogP) is 3.77. The van der Waals surface area contributed by atoms with E-state index in [-0.39, 0.29) is 5.41 Å². The van der Waals surface area contributed by atoms with E-state index in [0.717, 1.165) is 31.1 Å². The third-order valence-corrected chi connectivity index (χ3v) is 7.25. The zero-order chi connectivity index (χ0) is 19.2. The minimum Gasteiger partial charge on any atom is -0.302 e. The standard InChI is InChI=1S/C21H25ClN2O2S/c1-21(16-7-5-8-17(12-16)23-27(2,25)26)18-13-24(14-19(18)21)11-10-15-6-3-4-9-20(15)22/h3-9,12,18-19,23H,10-11,13-14H2,1-2H3. The lowest BCUT2D eigenvalue weighted by Gasteiger charge is -2.25. The van der Waals surface area contributed by atoms with E-state index in [1.54, 1.807) is 0 Å². The number of anilines is 1. The molecule has 144 valence electrons. The Balaban J connectivity index is 1.39. The Bertz CT molecular complexity index is 948. The Morgan fingerprint density at radius 2 is 1.85 bits per heavy atom. The highest BCUT2D eigenvalue weighted by atomic mass is 35.5. The molecule has 27 heavy (non-hydrogen) atoms. The van der Waals surface area contributed by atoms with E-state index in [2.05, 4.69) is 28.7 Å². The maximum absolute atomic E-state index is 11.5. The summed E-state index contributed by atoms with van der Waals surface area (Å²) >= 11 is 6.27. The van der Waals surface area contributed by atoms with Crippen molar-refractivity contribution in [3.05, 3.63) is 64.7 Å². The highest BCUT2D eigenvalue weighted by Gasteiger charge is 2.65. The van der Waals surface area contributed by atoms with Crippen molar-refractivity contribution in [2.45, 2.75) is 18.8 Å². The Hall–Kier alpha value is -1.56. The van der Waals surface area contributed by atoms with Crippen molar-refractivity contribution >= 4 is 27.3 Å². The van der Waals surface area contributed by atoms with Crippen LogP contribution in [0.1, 0.15) is 18.1 Å². The fraction of sp³-hybridized carbons (Fsp3) is 0.429. The van der Waals surface area contributed by atoms with Gasteiger partial charge >= 0.3 is 0 Å². The Morgan fingerprint density at radius 1 is 1.15 bits per heavy atom. The van der Waals surface area contributed by atoms with E-state index < -0.39 is 10.0 Å². The molecule has 2 atom stereocenters. The first kappa shape index (κ1) is 18.8. The molecule has 0 radical (unpaired) electrons. The van der Waals surface area contributed by atoms with Gasteiger partial charge in [0.05, 0.1) is 6.26 Å². The van der Waals surface area contributed by atoms with Crippen molar-refractivity contribution in [1.82, 2.24) is 4.90 Å². The molecule has 1 saturated heterocycles. The van der Waals surface area contributed by atoms with Gasteiger partial charge in [-0.1, -0.05) is 48.9 Å². The Labute approximate surface area is 166 Å². The van der Waals surface area contributed by atoms with Crippen molar-refractivity contribution < 1.29 is 8.42 Å². The molecule has 1 saturated carbocycles. The molecule has 2 fully saturated rings. The number of hydrogen-bond acceptors (Lipinski definition) is 3. The third kappa shape index (κ3) is 3.73. The number of hydrogen-bond donors (Lipinski definition) is 1. The summed E-state index contributed by atoms with van der Waals surface area (Å²) in [7, 11) is -3.25. The molecule has 2 aliphatic rings. The van der Waals surface area contributed by atoms with Crippen LogP contribution >= 0.6 is 11.6 Å². The lowest BCUT2D eigenvalue weighted by molar-refractivity contribution is 0.281. The second-order valence-electron chi connectivity index (χ2n) is 8.05. The molecule has 2 aromatic rings. The summed E-state index contributed by atoms with van der Waals surface area (Å²) in [6.45, 7) is 5.53. The van der Waals surface area contributed by atoms with Crippen molar-refractivity contribution in [2.75, 3.05) is 30.6 Å². The zero-order valence-corrected chi connectivity index (χ0v) is 17.2. The number of halogens is 1. The monoisotopic (exact) mass is 404 g/mol. The average molecular weight is 405 g/mol. The first-order valence-corrected chi connectivity index (χ1v) is 11.6. The molecule has 0 aromatic heterocycles. The first-order valence-electron chi connectivity index (χ1n) is 9.31. The van der Waals surface area contributed by atoms with Crippen LogP contribution in [0.4, 0.5) is 5.69 Å². The summed E-state index contributed by atoms with van der Waals surface area (Å²) in [4.78, 5) is 2.53. The van der Waals surface area contributed by atoms with Crippen LogP contribution in [0.3, 0.4) is 0 Å². The van der Waals surface area contributed by atoms with Crippen LogP contribution < -0.4 is 4.72 Å². The molecule has 0 spiro atoms. The molecule has 1 N–H and O–H groups in total. The summed E-state index contributed by atoms with van der Waals surface area (Å²) in [6.07, 6.45) is 2.16. The topological polar surface area (TPSA) is 49.4 Å². The number of fused-ring (bicyclic) bond motifs is 1. The van der Waals surface area contributed by atoms with Crippen molar-refractivity contribution in [2.24, 2.45) is 11.8 Å². The zero-order valence-electron chi connectivity index (χ0n) is 15.7. The van der Waals surface area contributed by atoms with Crippen LogP contribution in [0, 0.1) is 11.8 Å². The summed E-state index contributed by atoms with van der Waals surface area (Å²) in [6, 6.07) is 15.9. The molecule has 4 rings (SSSR count). The molecule has 0 bridgehead atoms. The van der Waals surface area contributed by atoms with Crippen molar-refractivity contribution in [1.29, 1.82) is 0 Å². The molecule has 2 aromatic carbocycles. The van der Waals surface area contributed by atoms with Crippen molar-refractivity contribution in [3.8, 4) is 0 Å². The van der Waals surface area contributed by atoms with Crippen LogP contribution in [-0.4, -0.2) is 39.2 Å². The molecule has 4 nitrogen and oxygen atoms in total. The Kier molecular flexibility index (Phi) is 4.73. The number of sulfonamides is 1. The van der Waals surface area contributed by atoms with Gasteiger partial charge in [-0.05, 0) is 47.6 Å². The molecular weight excluding hydrogens is 380 g/mol. The predicted molar refractivity (Wildman–Crippen MR) is 111 cm³/mol. The van der Waals surface area contributed by atoms with Gasteiger partial charge in [0, 0.05) is 35.8 Å². The van der Waals surface area contributed by atoms with E-state index in [0.29, 0.717) is 17.5 Å². The highest BCUT2D eigenvalue weighted by Crippen LogP contribution is 2.63. The molecule has 1 aliphatic carbocycles. The van der Waals surface area contributed by atoms with E-state index in [9.17, 15) is 8.42 Å². The number of piperidine rings is 1. The van der Waals surface area contributed by atoms with Crippen LogP contribution in [0.15, 0.2) is 48.5 Å². The SMILES string of the molecule is CC1(c2cccc(NS(C)(=O)=O)c2)C2CN(CCc3ccccc3Cl)CC21. The highest BCUT2D eigenvalue weighted by molar-refractivity contribution is 7.92. The maximum Gasteiger partial charge on any atom is 0.229 e. The quantitative estimate of drug-likeness (QED) is 0.797. The third-order valence-electron chi connectivity index (χ3n) is 6.27. The van der Waals surface area contributed by atoms with Crippen molar-refractivity contribution in [3.63, 3.8) is 0 Å². The van der Waals surface area contributed by atoms with Gasteiger partial charge in [-0.3, -0.25) is 4.72 Å². The van der Waals surface area contributed by atoms with Gasteiger partial charge < -0.3 is 4.90 Å². The fourth-order valence-electron chi connectivity index (χ4n) is 4.68. The Morgan fingerprint density at radius 3 is 2.52 bits per heavy atom. The summed E-state index contributed by atoms with van der Waals surface area (Å²) < 4.78 is 25.6. The average Bonchev–Trinajstić information content (AvgIpc) is 2.96. The summed E-state index contributed by atoms with van der Waals surface area (Å²) in [5.74, 6) is 1.27. The molecule has 6 heteroatoms. The van der Waals surface area contributed by atoms with Crippen LogP contribution in [-0.2, 0) is 21.9 Å². The number of nitrogens with one attached hydrogen (secondary N) is 1. The van der Waals surface area contributed by atoms with Crippen LogP contribution in [0.25, 0.3) is 0 Å². The van der Waals surface area contributed by atoms with Gasteiger partial charge in [0.1, 0.15) is 0 Å². The summed E-state index contributed by atoms with van der Waals surface area (Å²) in [5, 5.41) is 0.849. The molecule has 2 unspecified atom stereocenters. The van der Waals surface area contributed by atoms with Crippen LogP contribution in [0.5, 0.6) is 0 Å². The minimum atomic E-state index is -3.25. The van der Waals surface area contributed by atoms with E-state index in [1.807, 2.05) is 36.4 Å². The van der Waals surface area contributed by atoms with Gasteiger partial charge in [0.2, 0.25) is 10.0 Å². The molecular formula is C21H25ClN2O2S. The van der Waals surface area contributed by atoms with Gasteiger partial charge in [-0.2, -0.15) is 0 Å². The van der Waals surface area contributed by atoms with Gasteiger partial charge in [-0.15, -0.1) is 0 Å².